The number of anilines is 1. The van der Waals surface area contributed by atoms with Gasteiger partial charge in [-0.1, -0.05) is 0 Å². The minimum Gasteiger partial charge on any atom is -0.494 e. The van der Waals surface area contributed by atoms with Gasteiger partial charge in [0.1, 0.15) is 17.3 Å². The van der Waals surface area contributed by atoms with Crippen LogP contribution >= 0.6 is 11.3 Å². The molecule has 0 saturated carbocycles. The lowest BCUT2D eigenvalue weighted by Gasteiger charge is -2.09. The molecule has 2 N–H and O–H groups in total. The highest BCUT2D eigenvalue weighted by Crippen LogP contribution is 2.23. The molecule has 3 heterocycles. The Balaban J connectivity index is 1.27. The number of carbonyl (C=O) groups is 2. The molecule has 180 valence electrons. The summed E-state index contributed by atoms with van der Waals surface area (Å²) in [5.74, 6) is 1.87. The zero-order valence-electron chi connectivity index (χ0n) is 19.2. The summed E-state index contributed by atoms with van der Waals surface area (Å²) in [7, 11) is 0. The van der Waals surface area contributed by atoms with Crippen LogP contribution in [0.15, 0.2) is 64.7 Å². The Hall–Kier alpha value is -4.18. The molecule has 0 fully saturated rings. The van der Waals surface area contributed by atoms with Crippen LogP contribution in [0.4, 0.5) is 5.13 Å². The zero-order chi connectivity index (χ0) is 24.6. The highest BCUT2D eigenvalue weighted by molar-refractivity contribution is 7.14. The molecule has 0 aliphatic heterocycles. The number of thiazole rings is 1. The first-order valence-corrected chi connectivity index (χ1v) is 11.8. The van der Waals surface area contributed by atoms with Crippen molar-refractivity contribution >= 4 is 28.3 Å². The van der Waals surface area contributed by atoms with Gasteiger partial charge in [0.15, 0.2) is 5.13 Å². The Kier molecular flexibility index (Phi) is 7.74. The molecule has 0 aliphatic rings. The molecule has 0 spiro atoms. The molecule has 0 atom stereocenters. The van der Waals surface area contributed by atoms with Crippen LogP contribution in [0.2, 0.25) is 0 Å². The fraction of sp³-hybridized carbons (Fsp3) is 0.200. The molecule has 35 heavy (non-hydrogen) atoms. The number of aryl methyl sites for hydroxylation is 1. The molecule has 3 aromatic heterocycles. The van der Waals surface area contributed by atoms with Crippen LogP contribution in [0.5, 0.6) is 17.4 Å². The van der Waals surface area contributed by atoms with Crippen molar-refractivity contribution < 1.29 is 23.5 Å². The van der Waals surface area contributed by atoms with Crippen molar-refractivity contribution in [3.63, 3.8) is 0 Å². The van der Waals surface area contributed by atoms with Gasteiger partial charge in [-0.05, 0) is 55.8 Å². The zero-order valence-corrected chi connectivity index (χ0v) is 20.1. The summed E-state index contributed by atoms with van der Waals surface area (Å²) in [4.78, 5) is 33.2. The molecule has 0 saturated heterocycles. The molecule has 4 aromatic rings. The van der Waals surface area contributed by atoms with E-state index in [0.29, 0.717) is 46.9 Å². The van der Waals surface area contributed by atoms with E-state index in [1.165, 1.54) is 17.6 Å². The number of benzene rings is 1. The van der Waals surface area contributed by atoms with Crippen molar-refractivity contribution in [2.45, 2.75) is 26.8 Å². The smallest absolute Gasteiger partial charge is 0.260 e. The monoisotopic (exact) mass is 492 g/mol. The molecular formula is C25H24N4O5S. The van der Waals surface area contributed by atoms with E-state index < -0.39 is 0 Å². The fourth-order valence-corrected chi connectivity index (χ4v) is 3.87. The van der Waals surface area contributed by atoms with E-state index in [0.717, 1.165) is 11.3 Å². The summed E-state index contributed by atoms with van der Waals surface area (Å²) in [5.41, 5.74) is 1.86. The Morgan fingerprint density at radius 1 is 1.11 bits per heavy atom. The van der Waals surface area contributed by atoms with E-state index in [1.54, 1.807) is 36.7 Å². The van der Waals surface area contributed by atoms with E-state index in [2.05, 4.69) is 20.6 Å². The summed E-state index contributed by atoms with van der Waals surface area (Å²) in [5, 5.41) is 7.75. The number of rotatable bonds is 10. The summed E-state index contributed by atoms with van der Waals surface area (Å²) in [6.07, 6.45) is 3.18. The van der Waals surface area contributed by atoms with Crippen molar-refractivity contribution in [3.8, 4) is 17.4 Å². The first-order chi connectivity index (χ1) is 17.0. The lowest BCUT2D eigenvalue weighted by atomic mass is 10.2. The van der Waals surface area contributed by atoms with Crippen LogP contribution in [0, 0.1) is 6.92 Å². The van der Waals surface area contributed by atoms with Gasteiger partial charge in [0.05, 0.1) is 30.5 Å². The van der Waals surface area contributed by atoms with Gasteiger partial charge in [-0.15, -0.1) is 11.3 Å². The van der Waals surface area contributed by atoms with E-state index >= 15 is 0 Å². The molecular weight excluding hydrogens is 468 g/mol. The van der Waals surface area contributed by atoms with Gasteiger partial charge < -0.3 is 19.2 Å². The number of pyridine rings is 1. The standard InChI is InChI=1S/C25H24N4O5S/c1-3-32-19-4-6-20(7-5-19)34-23-12-17(8-10-26-23)14-27-22(30)13-18-15-35-25(28-18)29-24(31)21-9-11-33-16(21)2/h4-12,15H,3,13-14H2,1-2H3,(H,27,30)(H,28,29,31). The lowest BCUT2D eigenvalue weighted by Crippen LogP contribution is -2.24. The third-order valence-electron chi connectivity index (χ3n) is 4.86. The lowest BCUT2D eigenvalue weighted by molar-refractivity contribution is -0.120. The average molecular weight is 493 g/mol. The Morgan fingerprint density at radius 2 is 1.91 bits per heavy atom. The van der Waals surface area contributed by atoms with E-state index in [1.807, 2.05) is 31.2 Å². The number of furan rings is 1. The van der Waals surface area contributed by atoms with Crippen LogP contribution in [0.25, 0.3) is 0 Å². The second-order valence-corrected chi connectivity index (χ2v) is 8.31. The highest BCUT2D eigenvalue weighted by atomic mass is 32.1. The topological polar surface area (TPSA) is 116 Å². The first-order valence-electron chi connectivity index (χ1n) is 10.9. The SMILES string of the molecule is CCOc1ccc(Oc2cc(CNC(=O)Cc3csc(NC(=O)c4ccoc4C)n3)ccn2)cc1. The Labute approximate surface area is 206 Å². The van der Waals surface area contributed by atoms with Gasteiger partial charge in [0.2, 0.25) is 11.8 Å². The molecule has 2 amide bonds. The number of hydrogen-bond acceptors (Lipinski definition) is 8. The Morgan fingerprint density at radius 3 is 2.66 bits per heavy atom. The largest absolute Gasteiger partial charge is 0.494 e. The predicted octanol–water partition coefficient (Wildman–Crippen LogP) is 4.74. The summed E-state index contributed by atoms with van der Waals surface area (Å²) >= 11 is 1.26. The van der Waals surface area contributed by atoms with Crippen molar-refractivity contribution in [1.29, 1.82) is 0 Å². The summed E-state index contributed by atoms with van der Waals surface area (Å²) < 4.78 is 16.4. The van der Waals surface area contributed by atoms with Gasteiger partial charge in [0.25, 0.3) is 5.91 Å². The number of hydrogen-bond donors (Lipinski definition) is 2. The first kappa shape index (κ1) is 24.0. The number of ether oxygens (including phenoxy) is 2. The maximum absolute atomic E-state index is 12.4. The Bertz CT molecular complexity index is 1300. The molecule has 9 nitrogen and oxygen atoms in total. The number of nitrogens with zero attached hydrogens (tertiary/aromatic N) is 2. The number of aromatic nitrogens is 2. The predicted molar refractivity (Wildman–Crippen MR) is 131 cm³/mol. The highest BCUT2D eigenvalue weighted by Gasteiger charge is 2.14. The van der Waals surface area contributed by atoms with Crippen LogP contribution in [-0.4, -0.2) is 28.4 Å². The van der Waals surface area contributed by atoms with E-state index in [-0.39, 0.29) is 18.2 Å². The van der Waals surface area contributed by atoms with Crippen LogP contribution in [0.3, 0.4) is 0 Å². The minimum absolute atomic E-state index is 0.0950. The molecule has 4 rings (SSSR count). The second kappa shape index (κ2) is 11.3. The molecule has 0 bridgehead atoms. The number of amides is 2. The molecule has 0 aliphatic carbocycles. The number of carbonyl (C=O) groups excluding carboxylic acids is 2. The fourth-order valence-electron chi connectivity index (χ4n) is 3.17. The van der Waals surface area contributed by atoms with Gasteiger partial charge in [-0.25, -0.2) is 9.97 Å². The van der Waals surface area contributed by atoms with Crippen molar-refractivity contribution in [3.05, 3.63) is 82.9 Å². The van der Waals surface area contributed by atoms with Gasteiger partial charge in [0, 0.05) is 24.2 Å². The minimum atomic E-state index is -0.303. The van der Waals surface area contributed by atoms with Crippen molar-refractivity contribution in [1.82, 2.24) is 15.3 Å². The van der Waals surface area contributed by atoms with Gasteiger partial charge in [-0.2, -0.15) is 0 Å². The molecule has 1 aromatic carbocycles. The van der Waals surface area contributed by atoms with Crippen LogP contribution in [-0.2, 0) is 17.8 Å². The van der Waals surface area contributed by atoms with Crippen LogP contribution < -0.4 is 20.1 Å². The third kappa shape index (κ3) is 6.67. The number of nitrogens with one attached hydrogen (secondary N) is 2. The summed E-state index contributed by atoms with van der Waals surface area (Å²) in [6.45, 7) is 4.55. The maximum Gasteiger partial charge on any atom is 0.260 e. The van der Waals surface area contributed by atoms with Crippen molar-refractivity contribution in [2.24, 2.45) is 0 Å². The molecule has 0 radical (unpaired) electrons. The van der Waals surface area contributed by atoms with Gasteiger partial charge in [-0.3, -0.25) is 14.9 Å². The second-order valence-electron chi connectivity index (χ2n) is 7.45. The quantitative estimate of drug-likeness (QED) is 0.328. The maximum atomic E-state index is 12.4. The third-order valence-corrected chi connectivity index (χ3v) is 5.67. The van der Waals surface area contributed by atoms with E-state index in [4.69, 9.17) is 13.9 Å². The van der Waals surface area contributed by atoms with Crippen LogP contribution in [0.1, 0.15) is 34.3 Å². The average Bonchev–Trinajstić information content (AvgIpc) is 3.48. The van der Waals surface area contributed by atoms with E-state index in [9.17, 15) is 9.59 Å². The molecule has 0 unspecified atom stereocenters. The van der Waals surface area contributed by atoms with Crippen molar-refractivity contribution in [2.75, 3.05) is 11.9 Å². The summed E-state index contributed by atoms with van der Waals surface area (Å²) in [6, 6.07) is 12.4. The normalized spacial score (nSPS) is 10.6. The van der Waals surface area contributed by atoms with Gasteiger partial charge >= 0.3 is 0 Å². The molecule has 10 heteroatoms.